The van der Waals surface area contributed by atoms with Crippen LogP contribution in [0.4, 0.5) is 13.2 Å². The maximum Gasteiger partial charge on any atom is 0.253 e. The molecule has 0 radical (unpaired) electrons. The van der Waals surface area contributed by atoms with Crippen LogP contribution in [0.25, 0.3) is 5.70 Å². The van der Waals surface area contributed by atoms with E-state index in [1.165, 1.54) is 0 Å². The minimum absolute atomic E-state index is 0.00914. The molecule has 0 aromatic heterocycles. The van der Waals surface area contributed by atoms with Gasteiger partial charge in [0.25, 0.3) is 5.91 Å². The number of halogens is 3. The first-order valence-electron chi connectivity index (χ1n) is 20.0. The second kappa shape index (κ2) is 19.3. The van der Waals surface area contributed by atoms with E-state index >= 15 is 13.6 Å². The Kier molecular flexibility index (Phi) is 13.9. The fraction of sp³-hybridized carbons (Fsp3) is 0.561. The number of nitrogens with one attached hydrogen (secondary N) is 2. The predicted octanol–water partition coefficient (Wildman–Crippen LogP) is 2.57. The molecular weight excluding hydrogens is 778 g/mol. The van der Waals surface area contributed by atoms with Gasteiger partial charge in [-0.2, -0.15) is 12.6 Å². The van der Waals surface area contributed by atoms with E-state index in [0.29, 0.717) is 44.8 Å². The summed E-state index contributed by atoms with van der Waals surface area (Å²) < 4.78 is 62.9. The highest BCUT2D eigenvalue weighted by molar-refractivity contribution is 7.81. The van der Waals surface area contributed by atoms with Crippen molar-refractivity contribution in [2.45, 2.75) is 62.0 Å². The summed E-state index contributed by atoms with van der Waals surface area (Å²) in [6.07, 6.45) is 0.126. The van der Waals surface area contributed by atoms with Crippen molar-refractivity contribution in [1.29, 1.82) is 0 Å². The zero-order valence-corrected chi connectivity index (χ0v) is 33.2. The van der Waals surface area contributed by atoms with Crippen molar-refractivity contribution in [3.05, 3.63) is 77.5 Å². The highest BCUT2D eigenvalue weighted by atomic mass is 32.1. The summed E-state index contributed by atoms with van der Waals surface area (Å²) in [5.41, 5.74) is 1.36. The van der Waals surface area contributed by atoms with Crippen LogP contribution in [-0.2, 0) is 39.9 Å². The summed E-state index contributed by atoms with van der Waals surface area (Å²) in [6, 6.07) is 12.4. The molecule has 314 valence electrons. The molecule has 4 amide bonds. The lowest BCUT2D eigenvalue weighted by Crippen LogP contribution is -2.63. The van der Waals surface area contributed by atoms with Gasteiger partial charge in [0.05, 0.1) is 56.3 Å². The zero-order chi connectivity index (χ0) is 40.8. The second-order valence-electron chi connectivity index (χ2n) is 15.4. The standard InChI is InChI=1S/C41H51F3N6O7S/c42-29-6-7-31(43)30(18-29)33-24-48(22-26-4-2-1-3-5-26)39(46-33)38(27-8-13-55-14-9-27)50(23-28-20-45-21-32(28)44)40(53)34-25-47(11-17-57-34)36(51)10-15-56-16-12-49-37(52)19-35(58)41(49)54/h1-7,18,24,27-28,32,34-35,38-39,45-46,58H,8-17,19-23,25H2. The Morgan fingerprint density at radius 3 is 2.55 bits per heavy atom. The van der Waals surface area contributed by atoms with Crippen LogP contribution in [0.15, 0.2) is 54.7 Å². The smallest absolute Gasteiger partial charge is 0.253 e. The molecule has 17 heteroatoms. The molecule has 0 saturated carbocycles. The highest BCUT2D eigenvalue weighted by Gasteiger charge is 2.47. The maximum absolute atomic E-state index is 15.5. The SMILES string of the molecule is O=C(CCOCCN1C(=O)CC(S)C1=O)N1CCOC(C(=O)N(CC2CNCC2F)C(C2CCOCC2)C2NC(c3cc(F)ccc3F)=CN2Cc2ccccc2)C1. The van der Waals surface area contributed by atoms with Gasteiger partial charge in [0.2, 0.25) is 17.7 Å². The minimum atomic E-state index is -1.20. The number of thiol groups is 1. The molecule has 6 atom stereocenters. The number of morpholine rings is 1. The lowest BCUT2D eigenvalue weighted by molar-refractivity contribution is -0.160. The van der Waals surface area contributed by atoms with Gasteiger partial charge < -0.3 is 39.5 Å². The maximum atomic E-state index is 15.5. The summed E-state index contributed by atoms with van der Waals surface area (Å²) in [5, 5.41) is 5.93. The van der Waals surface area contributed by atoms with E-state index in [4.69, 9.17) is 14.2 Å². The molecule has 0 aliphatic carbocycles. The van der Waals surface area contributed by atoms with Gasteiger partial charge in [0.1, 0.15) is 24.0 Å². The predicted molar refractivity (Wildman–Crippen MR) is 209 cm³/mol. The van der Waals surface area contributed by atoms with E-state index in [1.54, 1.807) is 16.0 Å². The Morgan fingerprint density at radius 2 is 1.83 bits per heavy atom. The fourth-order valence-electron chi connectivity index (χ4n) is 8.51. The van der Waals surface area contributed by atoms with E-state index in [0.717, 1.165) is 28.7 Å². The van der Waals surface area contributed by atoms with Crippen molar-refractivity contribution in [3.63, 3.8) is 0 Å². The molecule has 4 saturated heterocycles. The van der Waals surface area contributed by atoms with Gasteiger partial charge in [-0.1, -0.05) is 30.3 Å². The number of carbonyl (C=O) groups excluding carboxylic acids is 4. The van der Waals surface area contributed by atoms with E-state index in [-0.39, 0.29) is 94.6 Å². The largest absolute Gasteiger partial charge is 0.381 e. The summed E-state index contributed by atoms with van der Waals surface area (Å²) in [6.45, 7) is 2.39. The molecule has 0 bridgehead atoms. The number of hydrogen-bond acceptors (Lipinski definition) is 11. The molecule has 2 aromatic carbocycles. The molecule has 7 rings (SSSR count). The van der Waals surface area contributed by atoms with Gasteiger partial charge in [0.15, 0.2) is 6.10 Å². The normalized spacial score (nSPS) is 25.9. The Morgan fingerprint density at radius 1 is 1.03 bits per heavy atom. The number of ether oxygens (including phenoxy) is 3. The fourth-order valence-corrected chi connectivity index (χ4v) is 8.81. The number of alkyl halides is 1. The lowest BCUT2D eigenvalue weighted by atomic mass is 9.86. The van der Waals surface area contributed by atoms with Crippen LogP contribution < -0.4 is 10.6 Å². The first-order chi connectivity index (χ1) is 28.1. The highest BCUT2D eigenvalue weighted by Crippen LogP contribution is 2.35. The Balaban J connectivity index is 1.12. The van der Waals surface area contributed by atoms with E-state index in [2.05, 4.69) is 23.3 Å². The first-order valence-corrected chi connectivity index (χ1v) is 20.5. The quantitative estimate of drug-likeness (QED) is 0.140. The van der Waals surface area contributed by atoms with Gasteiger partial charge in [-0.05, 0) is 42.5 Å². The van der Waals surface area contributed by atoms with Crippen molar-refractivity contribution in [1.82, 2.24) is 30.2 Å². The van der Waals surface area contributed by atoms with Gasteiger partial charge in [-0.15, -0.1) is 0 Å². The Bertz CT molecular complexity index is 1820. The molecule has 5 aliphatic heterocycles. The van der Waals surface area contributed by atoms with Crippen LogP contribution in [0.1, 0.15) is 36.8 Å². The van der Waals surface area contributed by atoms with Crippen LogP contribution in [0.3, 0.4) is 0 Å². The molecule has 13 nitrogen and oxygen atoms in total. The zero-order valence-electron chi connectivity index (χ0n) is 32.3. The third-order valence-electron chi connectivity index (χ3n) is 11.6. The molecule has 2 aromatic rings. The number of imide groups is 1. The number of nitrogens with zero attached hydrogens (tertiary/aromatic N) is 4. The van der Waals surface area contributed by atoms with E-state index < -0.39 is 53.2 Å². The van der Waals surface area contributed by atoms with Gasteiger partial charge in [0, 0.05) is 70.0 Å². The first kappa shape index (κ1) is 42.0. The van der Waals surface area contributed by atoms with Crippen LogP contribution in [-0.4, -0.2) is 145 Å². The van der Waals surface area contributed by atoms with Crippen LogP contribution in [0.2, 0.25) is 0 Å². The van der Waals surface area contributed by atoms with Crippen LogP contribution >= 0.6 is 12.6 Å². The summed E-state index contributed by atoms with van der Waals surface area (Å²) in [7, 11) is 0. The number of rotatable bonds is 15. The molecule has 58 heavy (non-hydrogen) atoms. The van der Waals surface area contributed by atoms with Crippen molar-refractivity contribution >= 4 is 42.0 Å². The molecule has 5 aliphatic rings. The van der Waals surface area contributed by atoms with E-state index in [1.807, 2.05) is 35.2 Å². The third-order valence-corrected chi connectivity index (χ3v) is 12.0. The topological polar surface area (TPSA) is 133 Å². The van der Waals surface area contributed by atoms with Gasteiger partial charge in [-0.25, -0.2) is 13.2 Å². The molecule has 0 spiro atoms. The summed E-state index contributed by atoms with van der Waals surface area (Å²) in [5.74, 6) is -3.17. The molecular formula is C41H51F3N6O7S. The minimum Gasteiger partial charge on any atom is -0.381 e. The molecule has 2 N–H and O–H groups in total. The van der Waals surface area contributed by atoms with Gasteiger partial charge in [-0.3, -0.25) is 24.1 Å². The number of likely N-dealkylation sites (tertiary alicyclic amines) is 1. The summed E-state index contributed by atoms with van der Waals surface area (Å²) >= 11 is 4.13. The van der Waals surface area contributed by atoms with Crippen LogP contribution in [0.5, 0.6) is 0 Å². The average Bonchev–Trinajstić information content (AvgIpc) is 3.91. The van der Waals surface area contributed by atoms with Crippen molar-refractivity contribution in [3.8, 4) is 0 Å². The number of benzene rings is 2. The van der Waals surface area contributed by atoms with E-state index in [9.17, 15) is 18.8 Å². The van der Waals surface area contributed by atoms with Crippen molar-refractivity contribution in [2.24, 2.45) is 11.8 Å². The second-order valence-corrected chi connectivity index (χ2v) is 16.1. The Labute approximate surface area is 341 Å². The van der Waals surface area contributed by atoms with Crippen molar-refractivity contribution < 1.29 is 46.6 Å². The average molecular weight is 829 g/mol. The monoisotopic (exact) mass is 828 g/mol. The summed E-state index contributed by atoms with van der Waals surface area (Å²) in [4.78, 5) is 59.1. The number of hydrogen-bond donors (Lipinski definition) is 3. The lowest BCUT2D eigenvalue weighted by Gasteiger charge is -2.47. The van der Waals surface area contributed by atoms with Crippen LogP contribution in [0, 0.1) is 23.5 Å². The number of carbonyl (C=O) groups is 4. The molecule has 4 fully saturated rings. The van der Waals surface area contributed by atoms with Gasteiger partial charge >= 0.3 is 0 Å². The third kappa shape index (κ3) is 9.82. The number of amides is 4. The molecule has 6 unspecified atom stereocenters. The Hall–Kier alpha value is -4.16. The van der Waals surface area contributed by atoms with Crippen molar-refractivity contribution in [2.75, 3.05) is 72.3 Å². The molecule has 5 heterocycles.